The Balaban J connectivity index is 3.00. The molecule has 88 valence electrons. The van der Waals surface area contributed by atoms with Gasteiger partial charge >= 0.3 is 5.69 Å². The zero-order chi connectivity index (χ0) is 12.3. The van der Waals surface area contributed by atoms with Gasteiger partial charge < -0.3 is 0 Å². The van der Waals surface area contributed by atoms with Crippen LogP contribution in [0.1, 0.15) is 0 Å². The molecule has 0 aromatic carbocycles. The third-order valence-electron chi connectivity index (χ3n) is 2.19. The fraction of sp³-hybridized carbons (Fsp3) is 0.444. The van der Waals surface area contributed by atoms with Crippen LogP contribution in [0, 0.1) is 0 Å². The molecule has 1 amide bonds. The Morgan fingerprint density at radius 1 is 1.50 bits per heavy atom. The van der Waals surface area contributed by atoms with Gasteiger partial charge in [-0.15, -0.1) is 0 Å². The first-order valence-electron chi connectivity index (χ1n) is 4.54. The molecular weight excluding hydrogens is 214 g/mol. The summed E-state index contributed by atoms with van der Waals surface area (Å²) >= 11 is 0. The summed E-state index contributed by atoms with van der Waals surface area (Å²) in [6.45, 7) is -0.169. The molecule has 7 heteroatoms. The van der Waals surface area contributed by atoms with E-state index >= 15 is 0 Å². The Labute approximate surface area is 91.4 Å². The van der Waals surface area contributed by atoms with Crippen LogP contribution in [0.4, 0.5) is 0 Å². The molecule has 0 aliphatic heterocycles. The molecule has 16 heavy (non-hydrogen) atoms. The van der Waals surface area contributed by atoms with Gasteiger partial charge in [0.2, 0.25) is 0 Å². The van der Waals surface area contributed by atoms with Crippen LogP contribution in [0.2, 0.25) is 0 Å². The first-order valence-corrected chi connectivity index (χ1v) is 4.54. The number of aromatic nitrogens is 2. The normalized spacial score (nSPS) is 10.2. The van der Waals surface area contributed by atoms with Gasteiger partial charge in [-0.2, -0.15) is 0 Å². The molecule has 0 spiro atoms. The van der Waals surface area contributed by atoms with Crippen molar-refractivity contribution in [2.24, 2.45) is 7.05 Å². The summed E-state index contributed by atoms with van der Waals surface area (Å²) in [5.41, 5.74) is -0.945. The van der Waals surface area contributed by atoms with E-state index < -0.39 is 11.2 Å². The van der Waals surface area contributed by atoms with Crippen LogP contribution in [-0.2, 0) is 23.2 Å². The van der Waals surface area contributed by atoms with Crippen molar-refractivity contribution in [3.63, 3.8) is 0 Å². The summed E-state index contributed by atoms with van der Waals surface area (Å²) in [6.07, 6.45) is 1.28. The zero-order valence-electron chi connectivity index (χ0n) is 9.34. The molecule has 0 aliphatic carbocycles. The first-order chi connectivity index (χ1) is 7.47. The number of hydrogen-bond donors (Lipinski definition) is 0. The van der Waals surface area contributed by atoms with Crippen LogP contribution in [0.25, 0.3) is 0 Å². The molecule has 0 fully saturated rings. The van der Waals surface area contributed by atoms with Gasteiger partial charge in [-0.1, -0.05) is 0 Å². The lowest BCUT2D eigenvalue weighted by Crippen LogP contribution is -2.40. The minimum atomic E-state index is -0.537. The van der Waals surface area contributed by atoms with E-state index in [0.29, 0.717) is 0 Å². The van der Waals surface area contributed by atoms with Gasteiger partial charge in [-0.05, 0) is 0 Å². The minimum absolute atomic E-state index is 0.169. The third-order valence-corrected chi connectivity index (χ3v) is 2.19. The van der Waals surface area contributed by atoms with Crippen LogP contribution >= 0.6 is 0 Å². The van der Waals surface area contributed by atoms with E-state index in [4.69, 9.17) is 0 Å². The van der Waals surface area contributed by atoms with Crippen molar-refractivity contribution < 1.29 is 9.63 Å². The molecule has 0 saturated heterocycles. The number of nitrogens with zero attached hydrogens (tertiary/aromatic N) is 3. The lowest BCUT2D eigenvalue weighted by Gasteiger charge is -2.14. The third kappa shape index (κ3) is 2.37. The van der Waals surface area contributed by atoms with Gasteiger partial charge in [0.15, 0.2) is 0 Å². The van der Waals surface area contributed by atoms with Crippen molar-refractivity contribution >= 4 is 5.91 Å². The topological polar surface area (TPSA) is 73.5 Å². The second kappa shape index (κ2) is 4.75. The van der Waals surface area contributed by atoms with Crippen LogP contribution < -0.4 is 11.2 Å². The van der Waals surface area contributed by atoms with Gasteiger partial charge in [0, 0.05) is 26.4 Å². The van der Waals surface area contributed by atoms with Crippen LogP contribution in [0.5, 0.6) is 0 Å². The van der Waals surface area contributed by atoms with Crippen molar-refractivity contribution in [3.05, 3.63) is 33.1 Å². The molecule has 0 aliphatic rings. The first kappa shape index (κ1) is 12.2. The van der Waals surface area contributed by atoms with Crippen LogP contribution in [0.15, 0.2) is 21.9 Å². The quantitative estimate of drug-likeness (QED) is 0.593. The lowest BCUT2D eigenvalue weighted by molar-refractivity contribution is -0.169. The number of carbonyl (C=O) groups is 1. The molecule has 1 rings (SSSR count). The number of hydrogen-bond acceptors (Lipinski definition) is 4. The molecule has 0 atom stereocenters. The molecule has 0 unspecified atom stereocenters. The summed E-state index contributed by atoms with van der Waals surface area (Å²) in [4.78, 5) is 38.8. The predicted molar refractivity (Wildman–Crippen MR) is 55.7 cm³/mol. The standard InChI is InChI=1S/C9H13N3O4/c1-10-7(13)4-5-12(9(10)15)6-8(14)11(2)16-3/h4-5H,6H2,1-3H3. The Kier molecular flexibility index (Phi) is 3.62. The largest absolute Gasteiger partial charge is 0.331 e. The molecular formula is C9H13N3O4. The minimum Gasteiger partial charge on any atom is -0.291 e. The molecule has 1 heterocycles. The zero-order valence-corrected chi connectivity index (χ0v) is 9.34. The molecule has 0 N–H and O–H groups in total. The summed E-state index contributed by atoms with van der Waals surface area (Å²) in [5.74, 6) is -0.386. The highest BCUT2D eigenvalue weighted by atomic mass is 16.7. The van der Waals surface area contributed by atoms with Crippen LogP contribution in [-0.4, -0.2) is 34.3 Å². The van der Waals surface area contributed by atoms with E-state index in [2.05, 4.69) is 4.84 Å². The second-order valence-electron chi connectivity index (χ2n) is 3.20. The SMILES string of the molecule is CON(C)C(=O)Cn1ccc(=O)n(C)c1=O. The average Bonchev–Trinajstić information content (AvgIpc) is 2.28. The summed E-state index contributed by atoms with van der Waals surface area (Å²) in [6, 6.07) is 1.22. The van der Waals surface area contributed by atoms with E-state index in [-0.39, 0.29) is 12.5 Å². The Morgan fingerprint density at radius 2 is 2.12 bits per heavy atom. The number of rotatable bonds is 3. The fourth-order valence-electron chi connectivity index (χ4n) is 1.08. The Morgan fingerprint density at radius 3 is 2.69 bits per heavy atom. The van der Waals surface area contributed by atoms with Crippen molar-refractivity contribution in [2.75, 3.05) is 14.2 Å². The van der Waals surface area contributed by atoms with Crippen molar-refractivity contribution in [3.8, 4) is 0 Å². The van der Waals surface area contributed by atoms with Crippen molar-refractivity contribution in [1.29, 1.82) is 0 Å². The van der Waals surface area contributed by atoms with E-state index in [1.807, 2.05) is 0 Å². The van der Waals surface area contributed by atoms with E-state index in [0.717, 1.165) is 14.2 Å². The van der Waals surface area contributed by atoms with E-state index in [1.165, 1.54) is 33.5 Å². The average molecular weight is 227 g/mol. The van der Waals surface area contributed by atoms with Gasteiger partial charge in [-0.25, -0.2) is 9.86 Å². The number of likely N-dealkylation sites (N-methyl/N-ethyl adjacent to an activating group) is 1. The Bertz CT molecular complexity index is 502. The maximum absolute atomic E-state index is 11.6. The number of carbonyl (C=O) groups excluding carboxylic acids is 1. The maximum atomic E-state index is 11.6. The molecule has 7 nitrogen and oxygen atoms in total. The smallest absolute Gasteiger partial charge is 0.291 e. The Hall–Kier alpha value is -1.89. The molecule has 0 saturated carbocycles. The maximum Gasteiger partial charge on any atom is 0.331 e. The monoisotopic (exact) mass is 227 g/mol. The molecule has 1 aromatic heterocycles. The van der Waals surface area contributed by atoms with Crippen molar-refractivity contribution in [1.82, 2.24) is 14.2 Å². The van der Waals surface area contributed by atoms with Gasteiger partial charge in [0.1, 0.15) is 6.54 Å². The summed E-state index contributed by atoms with van der Waals surface area (Å²) in [7, 11) is 4.14. The van der Waals surface area contributed by atoms with Crippen LogP contribution in [0.3, 0.4) is 0 Å². The highest BCUT2D eigenvalue weighted by Crippen LogP contribution is 1.87. The van der Waals surface area contributed by atoms with Gasteiger partial charge in [-0.3, -0.25) is 23.6 Å². The molecule has 0 bridgehead atoms. The predicted octanol–water partition coefficient (Wildman–Crippen LogP) is -1.43. The number of hydroxylamine groups is 2. The van der Waals surface area contributed by atoms with E-state index in [9.17, 15) is 14.4 Å². The van der Waals surface area contributed by atoms with Gasteiger partial charge in [0.05, 0.1) is 7.11 Å². The molecule has 1 aromatic rings. The van der Waals surface area contributed by atoms with Gasteiger partial charge in [0.25, 0.3) is 11.5 Å². The van der Waals surface area contributed by atoms with E-state index in [1.54, 1.807) is 0 Å². The summed E-state index contributed by atoms with van der Waals surface area (Å²) in [5, 5.41) is 1.01. The summed E-state index contributed by atoms with van der Waals surface area (Å²) < 4.78 is 2.07. The number of amides is 1. The highest BCUT2D eigenvalue weighted by molar-refractivity contribution is 5.74. The fourth-order valence-corrected chi connectivity index (χ4v) is 1.08. The lowest BCUT2D eigenvalue weighted by atomic mass is 10.5. The highest BCUT2D eigenvalue weighted by Gasteiger charge is 2.10. The molecule has 0 radical (unpaired) electrons. The second-order valence-corrected chi connectivity index (χ2v) is 3.20. The van der Waals surface area contributed by atoms with Crippen molar-refractivity contribution in [2.45, 2.75) is 6.54 Å².